The zero-order chi connectivity index (χ0) is 25.8. The molecule has 7 nitrogen and oxygen atoms in total. The van der Waals surface area contributed by atoms with Gasteiger partial charge in [0.1, 0.15) is 5.01 Å². The number of nitrogens with zero attached hydrogens (tertiary/aromatic N) is 2. The Balaban J connectivity index is 1.32. The van der Waals surface area contributed by atoms with Gasteiger partial charge in [-0.1, -0.05) is 36.4 Å². The summed E-state index contributed by atoms with van der Waals surface area (Å²) in [4.78, 5) is 33.3. The number of thiazole rings is 1. The summed E-state index contributed by atoms with van der Waals surface area (Å²) in [6, 6.07) is 16.3. The summed E-state index contributed by atoms with van der Waals surface area (Å²) < 4.78 is 0. The van der Waals surface area contributed by atoms with Crippen LogP contribution in [-0.4, -0.2) is 58.1 Å². The van der Waals surface area contributed by atoms with Gasteiger partial charge in [0.25, 0.3) is 11.8 Å². The Morgan fingerprint density at radius 2 is 1.95 bits per heavy atom. The first-order valence-corrected chi connectivity index (χ1v) is 14.0. The van der Waals surface area contributed by atoms with Gasteiger partial charge in [0.2, 0.25) is 0 Å². The lowest BCUT2D eigenvalue weighted by atomic mass is 9.95. The summed E-state index contributed by atoms with van der Waals surface area (Å²) in [6.07, 6.45) is 3.52. The van der Waals surface area contributed by atoms with Crippen molar-refractivity contribution in [2.45, 2.75) is 63.3 Å². The third kappa shape index (κ3) is 5.92. The molecule has 3 aromatic rings. The summed E-state index contributed by atoms with van der Waals surface area (Å²) in [5.74, 6) is -0.373. The van der Waals surface area contributed by atoms with E-state index in [2.05, 4.69) is 15.6 Å². The van der Waals surface area contributed by atoms with Gasteiger partial charge in [-0.15, -0.1) is 11.3 Å². The van der Waals surface area contributed by atoms with E-state index < -0.39 is 12.1 Å². The monoisotopic (exact) mass is 518 g/mol. The molecule has 2 aliphatic rings. The zero-order valence-electron chi connectivity index (χ0n) is 21.1. The fraction of sp³-hybridized carbons (Fsp3) is 0.414. The van der Waals surface area contributed by atoms with E-state index in [9.17, 15) is 14.7 Å². The first kappa shape index (κ1) is 25.6. The van der Waals surface area contributed by atoms with Gasteiger partial charge in [-0.3, -0.25) is 9.59 Å². The summed E-state index contributed by atoms with van der Waals surface area (Å²) in [7, 11) is 0. The molecule has 2 aliphatic heterocycles. The van der Waals surface area contributed by atoms with Crippen LogP contribution in [0.25, 0.3) is 0 Å². The van der Waals surface area contributed by atoms with Gasteiger partial charge in [0.05, 0.1) is 18.2 Å². The number of benzene rings is 2. The van der Waals surface area contributed by atoms with E-state index in [0.29, 0.717) is 24.1 Å². The molecule has 2 aromatic carbocycles. The molecule has 2 amide bonds. The van der Waals surface area contributed by atoms with Crippen molar-refractivity contribution in [3.05, 3.63) is 87.4 Å². The number of aromatic nitrogens is 1. The SMILES string of the molecule is Cc1csc([C@H]2CCCN2C(=O)c2cccc(C(=O)N[C@@H](Cc3ccccc3)[C@H](O)[C@H]3CCCN3)c2)n1. The van der Waals surface area contributed by atoms with Crippen LogP contribution in [0.4, 0.5) is 0 Å². The second-order valence-corrected chi connectivity index (χ2v) is 10.9. The molecule has 0 radical (unpaired) electrons. The van der Waals surface area contributed by atoms with Crippen LogP contribution in [0.5, 0.6) is 0 Å². The average Bonchev–Trinajstić information content (AvgIpc) is 3.70. The lowest BCUT2D eigenvalue weighted by molar-refractivity contribution is 0.0733. The Hall–Kier alpha value is -3.07. The van der Waals surface area contributed by atoms with Gasteiger partial charge in [-0.25, -0.2) is 4.98 Å². The van der Waals surface area contributed by atoms with Gasteiger partial charge < -0.3 is 20.6 Å². The summed E-state index contributed by atoms with van der Waals surface area (Å²) in [6.45, 7) is 3.52. The minimum absolute atomic E-state index is 0.0204. The maximum absolute atomic E-state index is 13.5. The van der Waals surface area contributed by atoms with Crippen molar-refractivity contribution in [1.29, 1.82) is 0 Å². The van der Waals surface area contributed by atoms with Crippen molar-refractivity contribution in [1.82, 2.24) is 20.5 Å². The molecule has 194 valence electrons. The van der Waals surface area contributed by atoms with Crippen molar-refractivity contribution in [2.75, 3.05) is 13.1 Å². The number of rotatable bonds is 8. The molecule has 0 bridgehead atoms. The molecule has 0 aliphatic carbocycles. The van der Waals surface area contributed by atoms with Gasteiger partial charge in [-0.05, 0) is 69.3 Å². The van der Waals surface area contributed by atoms with Gasteiger partial charge >= 0.3 is 0 Å². The minimum atomic E-state index is -0.719. The normalized spacial score (nSPS) is 21.1. The van der Waals surface area contributed by atoms with Gasteiger partial charge in [0, 0.05) is 34.8 Å². The first-order valence-electron chi connectivity index (χ1n) is 13.1. The highest BCUT2D eigenvalue weighted by molar-refractivity contribution is 7.09. The Morgan fingerprint density at radius 1 is 1.14 bits per heavy atom. The Morgan fingerprint density at radius 3 is 2.68 bits per heavy atom. The standard InChI is InChI=1S/C29H34N4O3S/c1-19-18-37-28(31-19)25-13-7-15-33(25)29(36)22-11-5-10-21(17-22)27(35)32-24(16-20-8-3-2-4-9-20)26(34)23-12-6-14-30-23/h2-5,8-11,17-18,23-26,30,34H,6-7,12-16H2,1H3,(H,32,35)/t23-,24+,25-,26-/m1/s1. The molecule has 37 heavy (non-hydrogen) atoms. The first-order chi connectivity index (χ1) is 18.0. The molecular formula is C29H34N4O3S. The lowest BCUT2D eigenvalue weighted by Gasteiger charge is -2.29. The number of aliphatic hydroxyl groups excluding tert-OH is 1. The number of carbonyl (C=O) groups excluding carboxylic acids is 2. The molecule has 0 spiro atoms. The van der Waals surface area contributed by atoms with Crippen LogP contribution >= 0.6 is 11.3 Å². The minimum Gasteiger partial charge on any atom is -0.389 e. The predicted octanol–water partition coefficient (Wildman–Crippen LogP) is 3.88. The predicted molar refractivity (Wildman–Crippen MR) is 145 cm³/mol. The van der Waals surface area contributed by atoms with E-state index in [1.165, 1.54) is 0 Å². The van der Waals surface area contributed by atoms with E-state index in [-0.39, 0.29) is 23.9 Å². The number of nitrogens with one attached hydrogen (secondary N) is 2. The Labute approximate surface area is 221 Å². The van der Waals surface area contributed by atoms with E-state index in [4.69, 9.17) is 0 Å². The maximum Gasteiger partial charge on any atom is 0.254 e. The number of carbonyl (C=O) groups is 2. The molecule has 3 heterocycles. The molecule has 2 saturated heterocycles. The number of aliphatic hydroxyl groups is 1. The van der Waals surface area contributed by atoms with Crippen molar-refractivity contribution in [2.24, 2.45) is 0 Å². The molecule has 4 atom stereocenters. The Bertz CT molecular complexity index is 1220. The fourth-order valence-corrected chi connectivity index (χ4v) is 6.35. The highest BCUT2D eigenvalue weighted by Crippen LogP contribution is 2.34. The number of likely N-dealkylation sites (tertiary alicyclic amines) is 1. The van der Waals surface area contributed by atoms with Crippen molar-refractivity contribution >= 4 is 23.2 Å². The number of amides is 2. The van der Waals surface area contributed by atoms with Crippen molar-refractivity contribution < 1.29 is 14.7 Å². The van der Waals surface area contributed by atoms with Crippen molar-refractivity contribution in [3.8, 4) is 0 Å². The van der Waals surface area contributed by atoms with Crippen LogP contribution in [0.2, 0.25) is 0 Å². The van der Waals surface area contributed by atoms with E-state index in [1.807, 2.05) is 47.5 Å². The number of aryl methyl sites for hydroxylation is 1. The lowest BCUT2D eigenvalue weighted by Crippen LogP contribution is -2.52. The topological polar surface area (TPSA) is 94.6 Å². The van der Waals surface area contributed by atoms with Crippen LogP contribution in [0.15, 0.2) is 60.0 Å². The average molecular weight is 519 g/mol. The molecule has 3 N–H and O–H groups in total. The van der Waals surface area contributed by atoms with Crippen LogP contribution in [0.3, 0.4) is 0 Å². The second-order valence-electron chi connectivity index (χ2n) is 10.0. The molecule has 2 fully saturated rings. The number of hydrogen-bond donors (Lipinski definition) is 3. The second kappa shape index (κ2) is 11.5. The number of hydrogen-bond acceptors (Lipinski definition) is 6. The quantitative estimate of drug-likeness (QED) is 0.421. The third-order valence-corrected chi connectivity index (χ3v) is 8.41. The maximum atomic E-state index is 13.5. The smallest absolute Gasteiger partial charge is 0.254 e. The van der Waals surface area contributed by atoms with Crippen LogP contribution in [0.1, 0.15) is 68.7 Å². The fourth-order valence-electron chi connectivity index (χ4n) is 5.41. The zero-order valence-corrected chi connectivity index (χ0v) is 21.9. The molecule has 8 heteroatoms. The van der Waals surface area contributed by atoms with Crippen LogP contribution in [0, 0.1) is 6.92 Å². The van der Waals surface area contributed by atoms with Gasteiger partial charge in [-0.2, -0.15) is 0 Å². The third-order valence-electron chi connectivity index (χ3n) is 7.35. The summed E-state index contributed by atoms with van der Waals surface area (Å²) >= 11 is 1.59. The van der Waals surface area contributed by atoms with E-state index in [0.717, 1.165) is 48.5 Å². The summed E-state index contributed by atoms with van der Waals surface area (Å²) in [5, 5.41) is 20.6. The van der Waals surface area contributed by atoms with Crippen molar-refractivity contribution in [3.63, 3.8) is 0 Å². The largest absolute Gasteiger partial charge is 0.389 e. The molecular weight excluding hydrogens is 484 g/mol. The summed E-state index contributed by atoms with van der Waals surface area (Å²) in [5.41, 5.74) is 2.92. The molecule has 0 unspecified atom stereocenters. The van der Waals surface area contributed by atoms with E-state index in [1.54, 1.807) is 35.6 Å². The molecule has 5 rings (SSSR count). The highest BCUT2D eigenvalue weighted by Gasteiger charge is 2.34. The van der Waals surface area contributed by atoms with Crippen LogP contribution in [-0.2, 0) is 6.42 Å². The highest BCUT2D eigenvalue weighted by atomic mass is 32.1. The van der Waals surface area contributed by atoms with Gasteiger partial charge in [0.15, 0.2) is 0 Å². The van der Waals surface area contributed by atoms with Crippen LogP contribution < -0.4 is 10.6 Å². The molecule has 0 saturated carbocycles. The van der Waals surface area contributed by atoms with E-state index >= 15 is 0 Å². The Kier molecular flexibility index (Phi) is 7.98. The molecule has 1 aromatic heterocycles.